The Morgan fingerprint density at radius 1 is 1.00 bits per heavy atom. The second-order valence-electron chi connectivity index (χ2n) is 6.18. The van der Waals surface area contributed by atoms with E-state index in [1.807, 2.05) is 32.1 Å². The number of carbonyl (C=O) groups is 2. The summed E-state index contributed by atoms with van der Waals surface area (Å²) in [7, 11) is 6.00. The van der Waals surface area contributed by atoms with Crippen molar-refractivity contribution in [3.63, 3.8) is 0 Å². The number of hydrogen-bond donors (Lipinski definition) is 1. The van der Waals surface area contributed by atoms with Gasteiger partial charge in [0.25, 0.3) is 0 Å². The van der Waals surface area contributed by atoms with E-state index in [4.69, 9.17) is 23.2 Å². The largest absolute Gasteiger partial charge is 0.312 e. The van der Waals surface area contributed by atoms with Gasteiger partial charge in [-0.2, -0.15) is 0 Å². The molecule has 3 aromatic rings. The Morgan fingerprint density at radius 3 is 2.14 bits per heavy atom. The highest BCUT2D eigenvalue weighted by Gasteiger charge is 2.20. The summed E-state index contributed by atoms with van der Waals surface area (Å²) in [6.07, 6.45) is 1.10. The third kappa shape index (κ3) is 5.19. The molecule has 0 bridgehead atoms. The van der Waals surface area contributed by atoms with Gasteiger partial charge in [0.1, 0.15) is 11.5 Å². The van der Waals surface area contributed by atoms with Gasteiger partial charge in [-0.05, 0) is 57.5 Å². The van der Waals surface area contributed by atoms with E-state index in [-0.39, 0.29) is 11.5 Å². The van der Waals surface area contributed by atoms with Gasteiger partial charge in [0.2, 0.25) is 6.41 Å². The summed E-state index contributed by atoms with van der Waals surface area (Å²) in [4.78, 5) is 28.8. The molecule has 1 N–H and O–H groups in total. The molecule has 0 radical (unpaired) electrons. The number of anilines is 1. The van der Waals surface area contributed by atoms with Crippen LogP contribution in [0.25, 0.3) is 17.1 Å². The Labute approximate surface area is 173 Å². The van der Waals surface area contributed by atoms with Crippen molar-refractivity contribution in [1.82, 2.24) is 14.5 Å². The summed E-state index contributed by atoms with van der Waals surface area (Å²) in [5.41, 5.74) is 1.51. The van der Waals surface area contributed by atoms with Crippen molar-refractivity contribution >= 4 is 41.7 Å². The lowest BCUT2D eigenvalue weighted by Crippen LogP contribution is -2.04. The number of rotatable bonds is 5. The van der Waals surface area contributed by atoms with E-state index in [0.717, 1.165) is 0 Å². The van der Waals surface area contributed by atoms with Gasteiger partial charge in [-0.1, -0.05) is 35.3 Å². The Kier molecular flexibility index (Phi) is 7.75. The molecule has 0 unspecified atom stereocenters. The Balaban J connectivity index is 0.000000640. The van der Waals surface area contributed by atoms with Gasteiger partial charge in [0.05, 0.1) is 5.02 Å². The average Bonchev–Trinajstić information content (AvgIpc) is 3.01. The zero-order valence-corrected chi connectivity index (χ0v) is 17.2. The number of nitrogens with one attached hydrogen (secondary N) is 1. The van der Waals surface area contributed by atoms with Crippen LogP contribution >= 0.6 is 23.2 Å². The van der Waals surface area contributed by atoms with Gasteiger partial charge in [0, 0.05) is 16.3 Å². The van der Waals surface area contributed by atoms with Gasteiger partial charge >= 0.3 is 0 Å². The van der Waals surface area contributed by atoms with Crippen LogP contribution in [0.4, 0.5) is 5.82 Å². The van der Waals surface area contributed by atoms with Crippen LogP contribution in [0.5, 0.6) is 0 Å². The highest BCUT2D eigenvalue weighted by Crippen LogP contribution is 2.32. The van der Waals surface area contributed by atoms with E-state index < -0.39 is 0 Å². The molecule has 0 fully saturated rings. The number of amides is 1. The molecule has 0 saturated heterocycles. The van der Waals surface area contributed by atoms with Gasteiger partial charge in [-0.15, -0.1) is 0 Å². The fourth-order valence-electron chi connectivity index (χ4n) is 2.38. The van der Waals surface area contributed by atoms with E-state index in [9.17, 15) is 9.59 Å². The molecule has 1 heterocycles. The maximum absolute atomic E-state index is 11.6. The number of halogens is 2. The molecular weight excluding hydrogens is 399 g/mol. The third-order valence-electron chi connectivity index (χ3n) is 3.42. The van der Waals surface area contributed by atoms with Crippen molar-refractivity contribution < 1.29 is 9.59 Å². The summed E-state index contributed by atoms with van der Waals surface area (Å²) in [6, 6.07) is 14.0. The first-order valence-corrected chi connectivity index (χ1v) is 9.04. The lowest BCUT2D eigenvalue weighted by atomic mass is 10.2. The van der Waals surface area contributed by atoms with Crippen LogP contribution in [-0.4, -0.2) is 48.3 Å². The van der Waals surface area contributed by atoms with E-state index >= 15 is 0 Å². The normalized spacial score (nSPS) is 10.2. The van der Waals surface area contributed by atoms with Gasteiger partial charge in [-0.3, -0.25) is 14.2 Å². The van der Waals surface area contributed by atoms with Crippen molar-refractivity contribution in [3.8, 4) is 17.1 Å². The van der Waals surface area contributed by atoms with Crippen LogP contribution in [0.3, 0.4) is 0 Å². The predicted molar refractivity (Wildman–Crippen MR) is 114 cm³/mol. The van der Waals surface area contributed by atoms with Crippen LogP contribution < -0.4 is 5.32 Å². The molecular formula is C20H20Cl2N4O2. The Bertz CT molecular complexity index is 951. The molecule has 0 spiro atoms. The number of aromatic nitrogens is 2. The highest BCUT2D eigenvalue weighted by atomic mass is 35.5. The quantitative estimate of drug-likeness (QED) is 0.623. The number of benzene rings is 2. The second kappa shape index (κ2) is 10.0. The van der Waals surface area contributed by atoms with E-state index in [0.29, 0.717) is 39.8 Å². The maximum Gasteiger partial charge on any atom is 0.212 e. The number of carbonyl (C=O) groups excluding carboxylic acids is 2. The molecule has 1 aromatic heterocycles. The summed E-state index contributed by atoms with van der Waals surface area (Å²) in [5, 5.41) is 3.49. The van der Waals surface area contributed by atoms with Crippen LogP contribution in [-0.2, 0) is 4.79 Å². The fraction of sp³-hybridized carbons (Fsp3) is 0.150. The predicted octanol–water partition coefficient (Wildman–Crippen LogP) is 4.40. The molecule has 0 saturated carbocycles. The smallest absolute Gasteiger partial charge is 0.212 e. The SMILES string of the molecule is CN(C)C.O=CNc1nc(-c2ccccc2Cl)n(-c2ccc(Cl)cc2)c1C=O. The molecule has 0 atom stereocenters. The zero-order valence-electron chi connectivity index (χ0n) is 15.7. The van der Waals surface area contributed by atoms with E-state index in [2.05, 4.69) is 10.3 Å². The second-order valence-corrected chi connectivity index (χ2v) is 7.03. The molecule has 8 heteroatoms. The van der Waals surface area contributed by atoms with Crippen molar-refractivity contribution in [2.75, 3.05) is 26.5 Å². The first kappa shape index (κ1) is 21.6. The Morgan fingerprint density at radius 2 is 1.61 bits per heavy atom. The van der Waals surface area contributed by atoms with Crippen LogP contribution in [0.1, 0.15) is 10.5 Å². The lowest BCUT2D eigenvalue weighted by molar-refractivity contribution is -0.105. The minimum absolute atomic E-state index is 0.157. The molecule has 6 nitrogen and oxygen atoms in total. The maximum atomic E-state index is 11.6. The molecule has 28 heavy (non-hydrogen) atoms. The van der Waals surface area contributed by atoms with E-state index in [1.54, 1.807) is 47.0 Å². The van der Waals surface area contributed by atoms with Crippen LogP contribution in [0, 0.1) is 0 Å². The zero-order chi connectivity index (χ0) is 20.7. The molecule has 0 aliphatic carbocycles. The van der Waals surface area contributed by atoms with Gasteiger partial charge in [-0.25, -0.2) is 4.98 Å². The summed E-state index contributed by atoms with van der Waals surface area (Å²) in [5.74, 6) is 0.597. The first-order valence-electron chi connectivity index (χ1n) is 8.29. The molecule has 3 rings (SSSR count). The number of hydrogen-bond acceptors (Lipinski definition) is 4. The summed E-state index contributed by atoms with van der Waals surface area (Å²) in [6.45, 7) is 0. The van der Waals surface area contributed by atoms with Gasteiger partial charge in [0.15, 0.2) is 12.1 Å². The number of nitrogens with zero attached hydrogens (tertiary/aromatic N) is 3. The average molecular weight is 419 g/mol. The first-order chi connectivity index (χ1) is 13.4. The monoisotopic (exact) mass is 418 g/mol. The molecule has 0 aliphatic heterocycles. The summed E-state index contributed by atoms with van der Waals surface area (Å²) >= 11 is 12.2. The minimum atomic E-state index is 0.157. The van der Waals surface area contributed by atoms with Crippen molar-refractivity contribution in [1.29, 1.82) is 0 Å². The number of imidazole rings is 1. The molecule has 0 aliphatic rings. The van der Waals surface area contributed by atoms with Crippen molar-refractivity contribution in [3.05, 3.63) is 64.3 Å². The molecule has 2 aromatic carbocycles. The standard InChI is InChI=1S/C17H11Cl2N3O2.C3H9N/c18-11-5-7-12(8-6-11)22-15(9-23)16(20-10-24)21-17(22)13-3-1-2-4-14(13)19;1-4(2)3/h1-10H,(H,20,24);1-3H3. The topological polar surface area (TPSA) is 67.2 Å². The van der Waals surface area contributed by atoms with Gasteiger partial charge < -0.3 is 10.2 Å². The number of aldehydes is 1. The van der Waals surface area contributed by atoms with Crippen molar-refractivity contribution in [2.45, 2.75) is 0 Å². The van der Waals surface area contributed by atoms with E-state index in [1.165, 1.54) is 0 Å². The summed E-state index contributed by atoms with van der Waals surface area (Å²) < 4.78 is 1.62. The molecule has 1 amide bonds. The van der Waals surface area contributed by atoms with Crippen LogP contribution in [0.2, 0.25) is 10.0 Å². The lowest BCUT2D eigenvalue weighted by Gasteiger charge is -2.10. The minimum Gasteiger partial charge on any atom is -0.312 e. The Hall–Kier alpha value is -2.67. The third-order valence-corrected chi connectivity index (χ3v) is 4.00. The highest BCUT2D eigenvalue weighted by molar-refractivity contribution is 6.33. The van der Waals surface area contributed by atoms with Crippen LogP contribution in [0.15, 0.2) is 48.5 Å². The van der Waals surface area contributed by atoms with Crippen molar-refractivity contribution in [2.24, 2.45) is 0 Å². The molecule has 146 valence electrons. The fourth-order valence-corrected chi connectivity index (χ4v) is 2.72.